The van der Waals surface area contributed by atoms with E-state index in [-0.39, 0.29) is 18.3 Å². The van der Waals surface area contributed by atoms with Crippen LogP contribution in [-0.2, 0) is 6.61 Å². The van der Waals surface area contributed by atoms with Crippen LogP contribution in [0.3, 0.4) is 0 Å². The summed E-state index contributed by atoms with van der Waals surface area (Å²) in [7, 11) is 0. The Morgan fingerprint density at radius 1 is 0.946 bits per heavy atom. The van der Waals surface area contributed by atoms with Gasteiger partial charge in [-0.3, -0.25) is 4.79 Å². The average Bonchev–Trinajstić information content (AvgIpc) is 2.93. The molecule has 0 radical (unpaired) electrons. The molecule has 1 N–H and O–H groups in total. The molecule has 0 atom stereocenters. The molecular formula is C30H21ClFN3O2. The summed E-state index contributed by atoms with van der Waals surface area (Å²) in [5.41, 5.74) is 6.78. The van der Waals surface area contributed by atoms with Crippen LogP contribution in [-0.4, -0.2) is 17.1 Å². The minimum absolute atomic E-state index is 0.236. The van der Waals surface area contributed by atoms with Crippen LogP contribution in [0.5, 0.6) is 5.75 Å². The number of halogens is 2. The first-order valence-corrected chi connectivity index (χ1v) is 11.9. The highest BCUT2D eigenvalue weighted by atomic mass is 35.5. The van der Waals surface area contributed by atoms with Gasteiger partial charge in [0.2, 0.25) is 0 Å². The summed E-state index contributed by atoms with van der Waals surface area (Å²) in [6, 6.07) is 30.1. The number of carbonyl (C=O) groups excluding carboxylic acids is 1. The molecule has 7 heteroatoms. The molecule has 0 fully saturated rings. The Morgan fingerprint density at radius 2 is 1.70 bits per heavy atom. The van der Waals surface area contributed by atoms with Gasteiger partial charge in [-0.2, -0.15) is 5.10 Å². The summed E-state index contributed by atoms with van der Waals surface area (Å²) in [5, 5.41) is 5.38. The maximum Gasteiger partial charge on any atom is 0.272 e. The molecule has 0 unspecified atom stereocenters. The maximum absolute atomic E-state index is 13.2. The highest BCUT2D eigenvalue weighted by Gasteiger charge is 2.14. The van der Waals surface area contributed by atoms with Crippen molar-refractivity contribution in [3.8, 4) is 17.0 Å². The molecule has 0 spiro atoms. The van der Waals surface area contributed by atoms with E-state index in [1.807, 2.05) is 54.6 Å². The quantitative estimate of drug-likeness (QED) is 0.189. The van der Waals surface area contributed by atoms with Crippen LogP contribution in [0.1, 0.15) is 21.5 Å². The van der Waals surface area contributed by atoms with Gasteiger partial charge in [0.1, 0.15) is 18.2 Å². The Labute approximate surface area is 218 Å². The van der Waals surface area contributed by atoms with Crippen LogP contribution in [0.2, 0.25) is 5.02 Å². The minimum Gasteiger partial charge on any atom is -0.488 e. The van der Waals surface area contributed by atoms with Crippen molar-refractivity contribution >= 4 is 34.6 Å². The van der Waals surface area contributed by atoms with Crippen LogP contribution in [0, 0.1) is 5.82 Å². The van der Waals surface area contributed by atoms with Gasteiger partial charge in [-0.15, -0.1) is 0 Å². The van der Waals surface area contributed by atoms with Crippen molar-refractivity contribution in [3.05, 3.63) is 131 Å². The number of amides is 1. The lowest BCUT2D eigenvalue weighted by atomic mass is 10.0. The molecule has 0 aliphatic carbocycles. The number of ether oxygens (including phenoxy) is 1. The Morgan fingerprint density at radius 3 is 2.51 bits per heavy atom. The van der Waals surface area contributed by atoms with Crippen LogP contribution in [0.15, 0.2) is 108 Å². The highest BCUT2D eigenvalue weighted by molar-refractivity contribution is 6.31. The number of hydrogen-bond donors (Lipinski definition) is 1. The Bertz CT molecular complexity index is 1590. The molecule has 1 heterocycles. The fourth-order valence-electron chi connectivity index (χ4n) is 3.83. The SMILES string of the molecule is O=C(N/N=C\c1cc(Cl)ccc1OCc1ccc(F)cc1)c1cc(-c2ccccc2)nc2ccccc12. The Balaban J connectivity index is 1.37. The topological polar surface area (TPSA) is 63.6 Å². The zero-order valence-electron chi connectivity index (χ0n) is 19.6. The molecule has 5 aromatic rings. The molecule has 1 aromatic heterocycles. The van der Waals surface area contributed by atoms with Crippen molar-refractivity contribution in [1.29, 1.82) is 0 Å². The molecule has 182 valence electrons. The molecule has 0 saturated heterocycles. The van der Waals surface area contributed by atoms with Crippen LogP contribution in [0.4, 0.5) is 4.39 Å². The zero-order chi connectivity index (χ0) is 25.6. The number of hydrogen-bond acceptors (Lipinski definition) is 4. The largest absolute Gasteiger partial charge is 0.488 e. The highest BCUT2D eigenvalue weighted by Crippen LogP contribution is 2.25. The van der Waals surface area contributed by atoms with E-state index in [2.05, 4.69) is 10.5 Å². The van der Waals surface area contributed by atoms with Gasteiger partial charge < -0.3 is 4.74 Å². The molecule has 0 bridgehead atoms. The molecule has 1 amide bonds. The summed E-state index contributed by atoms with van der Waals surface area (Å²) in [6.07, 6.45) is 1.48. The third kappa shape index (κ3) is 5.82. The lowest BCUT2D eigenvalue weighted by Gasteiger charge is -2.10. The molecule has 5 nitrogen and oxygen atoms in total. The number of fused-ring (bicyclic) bond motifs is 1. The van der Waals surface area contributed by atoms with Crippen molar-refractivity contribution in [2.45, 2.75) is 6.61 Å². The standard InChI is InChI=1S/C30H21ClFN3O2/c31-23-12-15-29(37-19-20-10-13-24(32)14-11-20)22(16-23)18-33-35-30(36)26-17-28(21-6-2-1-3-7-21)34-27-9-5-4-8-25(26)27/h1-18H,19H2,(H,35,36)/b33-18-. The van der Waals surface area contributed by atoms with Crippen LogP contribution in [0.25, 0.3) is 22.2 Å². The fourth-order valence-corrected chi connectivity index (χ4v) is 4.01. The first-order valence-electron chi connectivity index (χ1n) is 11.5. The predicted molar refractivity (Wildman–Crippen MR) is 144 cm³/mol. The number of carbonyl (C=O) groups is 1. The zero-order valence-corrected chi connectivity index (χ0v) is 20.3. The van der Waals surface area contributed by atoms with Crippen molar-refractivity contribution in [3.63, 3.8) is 0 Å². The minimum atomic E-state index is -0.372. The third-order valence-corrected chi connectivity index (χ3v) is 5.91. The van der Waals surface area contributed by atoms with Gasteiger partial charge in [-0.1, -0.05) is 72.3 Å². The van der Waals surface area contributed by atoms with Crippen molar-refractivity contribution < 1.29 is 13.9 Å². The van der Waals surface area contributed by atoms with Crippen molar-refractivity contribution in [2.75, 3.05) is 0 Å². The Hall–Kier alpha value is -4.55. The molecule has 4 aromatic carbocycles. The van der Waals surface area contributed by atoms with E-state index in [0.717, 1.165) is 16.5 Å². The van der Waals surface area contributed by atoms with Crippen LogP contribution >= 0.6 is 11.6 Å². The molecule has 5 rings (SSSR count). The number of nitrogens with zero attached hydrogens (tertiary/aromatic N) is 2. The predicted octanol–water partition coefficient (Wildman–Crippen LogP) is 7.04. The second-order valence-electron chi connectivity index (χ2n) is 8.23. The lowest BCUT2D eigenvalue weighted by Crippen LogP contribution is -2.18. The van der Waals surface area contributed by atoms with E-state index in [0.29, 0.717) is 33.1 Å². The van der Waals surface area contributed by atoms with Crippen molar-refractivity contribution in [2.24, 2.45) is 5.10 Å². The second-order valence-corrected chi connectivity index (χ2v) is 8.67. The summed E-state index contributed by atoms with van der Waals surface area (Å²) < 4.78 is 19.1. The maximum atomic E-state index is 13.2. The lowest BCUT2D eigenvalue weighted by molar-refractivity contribution is 0.0956. The van der Waals surface area contributed by atoms with Gasteiger partial charge in [-0.25, -0.2) is 14.8 Å². The van der Waals surface area contributed by atoms with Crippen molar-refractivity contribution in [1.82, 2.24) is 10.4 Å². The smallest absolute Gasteiger partial charge is 0.272 e. The fraction of sp³-hybridized carbons (Fsp3) is 0.0333. The normalized spacial score (nSPS) is 11.1. The number of hydrazone groups is 1. The van der Waals surface area contributed by atoms with E-state index in [1.54, 1.807) is 36.4 Å². The van der Waals surface area contributed by atoms with E-state index in [9.17, 15) is 9.18 Å². The summed E-state index contributed by atoms with van der Waals surface area (Å²) in [4.78, 5) is 17.9. The molecule has 0 saturated carbocycles. The van der Waals surface area contributed by atoms with Gasteiger partial charge in [0.15, 0.2) is 0 Å². The monoisotopic (exact) mass is 509 g/mol. The van der Waals surface area contributed by atoms with Gasteiger partial charge in [0.05, 0.1) is 23.0 Å². The van der Waals surface area contributed by atoms with Gasteiger partial charge in [0.25, 0.3) is 5.91 Å². The third-order valence-electron chi connectivity index (χ3n) is 5.68. The van der Waals surface area contributed by atoms with E-state index >= 15 is 0 Å². The van der Waals surface area contributed by atoms with Gasteiger partial charge >= 0.3 is 0 Å². The van der Waals surface area contributed by atoms with E-state index in [4.69, 9.17) is 21.3 Å². The number of aromatic nitrogens is 1. The molecule has 0 aliphatic rings. The van der Waals surface area contributed by atoms with Crippen LogP contribution < -0.4 is 10.2 Å². The first-order chi connectivity index (χ1) is 18.1. The number of nitrogens with one attached hydrogen (secondary N) is 1. The number of rotatable bonds is 7. The number of benzene rings is 4. The molecule has 0 aliphatic heterocycles. The number of para-hydroxylation sites is 1. The van der Waals surface area contributed by atoms with E-state index in [1.165, 1.54) is 18.3 Å². The first kappa shape index (κ1) is 24.2. The molecular weight excluding hydrogens is 489 g/mol. The summed E-state index contributed by atoms with van der Waals surface area (Å²) in [6.45, 7) is 0.236. The second kappa shape index (κ2) is 11.0. The summed E-state index contributed by atoms with van der Waals surface area (Å²) in [5.74, 6) is -0.160. The van der Waals surface area contributed by atoms with Gasteiger partial charge in [0, 0.05) is 21.5 Å². The Kier molecular flexibility index (Phi) is 7.19. The summed E-state index contributed by atoms with van der Waals surface area (Å²) >= 11 is 6.18. The molecule has 37 heavy (non-hydrogen) atoms. The van der Waals surface area contributed by atoms with E-state index < -0.39 is 0 Å². The average molecular weight is 510 g/mol. The number of pyridine rings is 1. The van der Waals surface area contributed by atoms with Gasteiger partial charge in [-0.05, 0) is 48.0 Å².